The first-order valence-electron chi connectivity index (χ1n) is 6.66. The topological polar surface area (TPSA) is 41.5 Å². The highest BCUT2D eigenvalue weighted by Gasteiger charge is 2.38. The van der Waals surface area contributed by atoms with Gasteiger partial charge >= 0.3 is 6.18 Å². The molecule has 0 aromatic heterocycles. The predicted octanol–water partition coefficient (Wildman–Crippen LogP) is 3.19. The van der Waals surface area contributed by atoms with Crippen LogP contribution in [0.4, 0.5) is 17.6 Å². The highest BCUT2D eigenvalue weighted by Crippen LogP contribution is 2.24. The van der Waals surface area contributed by atoms with E-state index < -0.39 is 24.7 Å². The number of hydrogen-bond donors (Lipinski definition) is 2. The molecule has 0 amide bonds. The molecule has 0 aliphatic carbocycles. The van der Waals surface area contributed by atoms with E-state index in [4.69, 9.17) is 5.11 Å². The molecule has 0 aliphatic heterocycles. The van der Waals surface area contributed by atoms with E-state index in [1.807, 2.05) is 13.8 Å². The highest BCUT2D eigenvalue weighted by atomic mass is 19.4. The van der Waals surface area contributed by atoms with E-state index in [2.05, 4.69) is 10.1 Å². The molecule has 0 fully saturated rings. The van der Waals surface area contributed by atoms with Crippen LogP contribution in [-0.2, 0) is 0 Å². The van der Waals surface area contributed by atoms with Gasteiger partial charge in [-0.3, -0.25) is 0 Å². The first-order valence-corrected chi connectivity index (χ1v) is 6.66. The minimum atomic E-state index is -4.78. The minimum Gasteiger partial charge on any atom is -0.487 e. The molecule has 0 saturated heterocycles. The van der Waals surface area contributed by atoms with E-state index in [1.165, 1.54) is 12.1 Å². The fourth-order valence-corrected chi connectivity index (χ4v) is 1.65. The Morgan fingerprint density at radius 2 is 2.00 bits per heavy atom. The van der Waals surface area contributed by atoms with Gasteiger partial charge in [-0.2, -0.15) is 13.2 Å². The lowest BCUT2D eigenvalue weighted by Gasteiger charge is -2.17. The summed E-state index contributed by atoms with van der Waals surface area (Å²) in [6, 6.07) is 3.97. The van der Waals surface area contributed by atoms with Crippen molar-refractivity contribution >= 4 is 0 Å². The van der Waals surface area contributed by atoms with Crippen molar-refractivity contribution in [2.24, 2.45) is 0 Å². The van der Waals surface area contributed by atoms with Crippen molar-refractivity contribution in [2.45, 2.75) is 38.6 Å². The summed E-state index contributed by atoms with van der Waals surface area (Å²) >= 11 is 0. The van der Waals surface area contributed by atoms with Crippen LogP contribution in [0.25, 0.3) is 0 Å². The average Bonchev–Trinajstić information content (AvgIpc) is 2.41. The van der Waals surface area contributed by atoms with Gasteiger partial charge in [0.05, 0.1) is 0 Å². The van der Waals surface area contributed by atoms with Gasteiger partial charge in [-0.1, -0.05) is 13.0 Å². The summed E-state index contributed by atoms with van der Waals surface area (Å²) in [4.78, 5) is 0. The third-order valence-electron chi connectivity index (χ3n) is 2.93. The lowest BCUT2D eigenvalue weighted by molar-refractivity contribution is -0.210. The van der Waals surface area contributed by atoms with Gasteiger partial charge in [0.1, 0.15) is 6.61 Å². The molecule has 21 heavy (non-hydrogen) atoms. The first kappa shape index (κ1) is 17.7. The fraction of sp³-hybridized carbons (Fsp3) is 0.571. The second-order valence-electron chi connectivity index (χ2n) is 4.73. The monoisotopic (exact) mass is 309 g/mol. The molecule has 0 radical (unpaired) electrons. The van der Waals surface area contributed by atoms with E-state index in [0.29, 0.717) is 5.56 Å². The van der Waals surface area contributed by atoms with Crippen LogP contribution >= 0.6 is 0 Å². The summed E-state index contributed by atoms with van der Waals surface area (Å²) in [6.07, 6.45) is -6.49. The van der Waals surface area contributed by atoms with Gasteiger partial charge in [-0.25, -0.2) is 4.39 Å². The SMILES string of the molecule is CCCNC(C)c1ccc(OCC(O)C(F)(F)F)c(F)c1. The highest BCUT2D eigenvalue weighted by molar-refractivity contribution is 5.31. The predicted molar refractivity (Wildman–Crippen MR) is 70.7 cm³/mol. The van der Waals surface area contributed by atoms with Gasteiger partial charge in [0.15, 0.2) is 17.7 Å². The van der Waals surface area contributed by atoms with Gasteiger partial charge in [0.2, 0.25) is 0 Å². The van der Waals surface area contributed by atoms with Crippen LogP contribution in [0.3, 0.4) is 0 Å². The van der Waals surface area contributed by atoms with Gasteiger partial charge < -0.3 is 15.2 Å². The zero-order chi connectivity index (χ0) is 16.0. The van der Waals surface area contributed by atoms with Crippen molar-refractivity contribution in [2.75, 3.05) is 13.2 Å². The lowest BCUT2D eigenvalue weighted by atomic mass is 10.1. The Morgan fingerprint density at radius 1 is 1.33 bits per heavy atom. The largest absolute Gasteiger partial charge is 0.487 e. The number of halogens is 4. The third-order valence-corrected chi connectivity index (χ3v) is 2.93. The van der Waals surface area contributed by atoms with Crippen LogP contribution in [-0.4, -0.2) is 30.5 Å². The molecule has 7 heteroatoms. The number of ether oxygens (including phenoxy) is 1. The maximum Gasteiger partial charge on any atom is 0.417 e. The molecule has 0 aliphatic rings. The molecule has 3 nitrogen and oxygen atoms in total. The van der Waals surface area contributed by atoms with Gasteiger partial charge in [-0.05, 0) is 37.6 Å². The van der Waals surface area contributed by atoms with E-state index in [-0.39, 0.29) is 11.8 Å². The second-order valence-corrected chi connectivity index (χ2v) is 4.73. The van der Waals surface area contributed by atoms with Crippen molar-refractivity contribution in [3.05, 3.63) is 29.6 Å². The van der Waals surface area contributed by atoms with Crippen LogP contribution in [0.1, 0.15) is 31.9 Å². The Morgan fingerprint density at radius 3 is 2.52 bits per heavy atom. The van der Waals surface area contributed by atoms with Crippen molar-refractivity contribution in [1.82, 2.24) is 5.32 Å². The molecule has 120 valence electrons. The van der Waals surface area contributed by atoms with Gasteiger partial charge in [-0.15, -0.1) is 0 Å². The molecule has 0 spiro atoms. The number of aliphatic hydroxyl groups excluding tert-OH is 1. The van der Waals surface area contributed by atoms with Crippen molar-refractivity contribution < 1.29 is 27.4 Å². The Hall–Kier alpha value is -1.34. The number of alkyl halides is 3. The Bertz CT molecular complexity index is 451. The maximum absolute atomic E-state index is 13.8. The lowest BCUT2D eigenvalue weighted by Crippen LogP contribution is -2.34. The summed E-state index contributed by atoms with van der Waals surface area (Å²) in [5.74, 6) is -1.07. The summed E-state index contributed by atoms with van der Waals surface area (Å²) in [5, 5.41) is 12.0. The van der Waals surface area contributed by atoms with E-state index in [0.717, 1.165) is 13.0 Å². The van der Waals surface area contributed by atoms with Gasteiger partial charge in [0.25, 0.3) is 0 Å². The Balaban J connectivity index is 2.66. The molecule has 1 aromatic rings. The van der Waals surface area contributed by atoms with Crippen LogP contribution in [0.5, 0.6) is 5.75 Å². The summed E-state index contributed by atoms with van der Waals surface area (Å²) in [7, 11) is 0. The number of hydrogen-bond acceptors (Lipinski definition) is 3. The summed E-state index contributed by atoms with van der Waals surface area (Å²) < 4.78 is 54.8. The number of aliphatic hydroxyl groups is 1. The van der Waals surface area contributed by atoms with E-state index in [1.54, 1.807) is 6.07 Å². The van der Waals surface area contributed by atoms with Crippen LogP contribution in [0.2, 0.25) is 0 Å². The van der Waals surface area contributed by atoms with Crippen molar-refractivity contribution in [1.29, 1.82) is 0 Å². The molecule has 0 bridgehead atoms. The molecule has 1 rings (SSSR count). The maximum atomic E-state index is 13.8. The van der Waals surface area contributed by atoms with Crippen LogP contribution in [0, 0.1) is 5.82 Å². The average molecular weight is 309 g/mol. The fourth-order valence-electron chi connectivity index (χ4n) is 1.65. The standard InChI is InChI=1S/C14H19F4NO2/c1-3-6-19-9(2)10-4-5-12(11(15)7-10)21-8-13(20)14(16,17)18/h4-5,7,9,13,19-20H,3,6,8H2,1-2H3. The quantitative estimate of drug-likeness (QED) is 0.760. The summed E-state index contributed by atoms with van der Waals surface area (Å²) in [5.41, 5.74) is 0.671. The molecule has 2 N–H and O–H groups in total. The molecular weight excluding hydrogens is 290 g/mol. The van der Waals surface area contributed by atoms with E-state index >= 15 is 0 Å². The van der Waals surface area contributed by atoms with Crippen LogP contribution < -0.4 is 10.1 Å². The number of benzene rings is 1. The van der Waals surface area contributed by atoms with Crippen molar-refractivity contribution in [3.8, 4) is 5.75 Å². The van der Waals surface area contributed by atoms with Crippen molar-refractivity contribution in [3.63, 3.8) is 0 Å². The zero-order valence-corrected chi connectivity index (χ0v) is 11.9. The Kier molecular flexibility index (Phi) is 6.42. The minimum absolute atomic E-state index is 0.0748. The number of rotatable bonds is 7. The first-order chi connectivity index (χ1) is 9.75. The third kappa shape index (κ3) is 5.51. The molecule has 2 unspecified atom stereocenters. The number of nitrogens with one attached hydrogen (secondary N) is 1. The zero-order valence-electron chi connectivity index (χ0n) is 11.9. The molecule has 0 heterocycles. The normalized spacial score (nSPS) is 14.8. The Labute approximate surface area is 120 Å². The molecule has 0 saturated carbocycles. The smallest absolute Gasteiger partial charge is 0.417 e. The summed E-state index contributed by atoms with van der Waals surface area (Å²) in [6.45, 7) is 3.60. The molecule has 2 atom stereocenters. The molecule has 1 aromatic carbocycles. The van der Waals surface area contributed by atoms with Crippen LogP contribution in [0.15, 0.2) is 18.2 Å². The van der Waals surface area contributed by atoms with Gasteiger partial charge in [0, 0.05) is 6.04 Å². The second kappa shape index (κ2) is 7.61. The van der Waals surface area contributed by atoms with E-state index in [9.17, 15) is 17.6 Å². The molecular formula is C14H19F4NO2.